The van der Waals surface area contributed by atoms with Gasteiger partial charge in [0, 0.05) is 0 Å². The fourth-order valence-corrected chi connectivity index (χ4v) is 2.93. The molecule has 0 heterocycles. The normalized spacial score (nSPS) is 10.3. The average molecular weight is 409 g/mol. The van der Waals surface area contributed by atoms with Gasteiger partial charge in [-0.2, -0.15) is 14.8 Å². The Morgan fingerprint density at radius 1 is 0.926 bits per heavy atom. The zero-order valence-corrected chi connectivity index (χ0v) is 19.9. The summed E-state index contributed by atoms with van der Waals surface area (Å²) in [6.45, 7) is 4.74. The summed E-state index contributed by atoms with van der Waals surface area (Å²) < 4.78 is 36.3. The summed E-state index contributed by atoms with van der Waals surface area (Å²) in [5, 5.41) is 0. The first-order valence-electron chi connectivity index (χ1n) is 9.51. The molecule has 0 bridgehead atoms. The maximum absolute atomic E-state index is 11.0. The van der Waals surface area contributed by atoms with Crippen molar-refractivity contribution in [1.82, 2.24) is 0 Å². The van der Waals surface area contributed by atoms with E-state index in [1.54, 1.807) is 12.1 Å². The van der Waals surface area contributed by atoms with Crippen LogP contribution in [0.15, 0.2) is 29.2 Å². The molecule has 1 rings (SSSR count). The van der Waals surface area contributed by atoms with Gasteiger partial charge in [0.05, 0.1) is 6.61 Å². The summed E-state index contributed by atoms with van der Waals surface area (Å²) in [5.74, 6) is 0.209. The summed E-state index contributed by atoms with van der Waals surface area (Å²) in [5.41, 5.74) is 0. The smallest absolute Gasteiger partial charge is 0.542 e. The first kappa shape index (κ1) is 28.8. The van der Waals surface area contributed by atoms with Crippen LogP contribution in [0, 0.1) is 0 Å². The van der Waals surface area contributed by atoms with Crippen LogP contribution in [-0.2, 0) is 14.9 Å². The molecule has 0 spiro atoms. The third-order valence-corrected chi connectivity index (χ3v) is 4.66. The Bertz CT molecular complexity index is 575. The predicted molar refractivity (Wildman–Crippen MR) is 105 cm³/mol. The molecule has 150 valence electrons. The quantitative estimate of drug-likeness (QED) is 0.235. The number of ether oxygens (including phenoxy) is 1. The molecule has 1 N–H and O–H groups in total. The van der Waals surface area contributed by atoms with Crippen molar-refractivity contribution in [3.8, 4) is 5.75 Å². The number of rotatable bonds is 13. The van der Waals surface area contributed by atoms with Gasteiger partial charge in [0.25, 0.3) is 10.1 Å². The molecule has 0 saturated carbocycles. The Morgan fingerprint density at radius 3 is 2.07 bits per heavy atom. The molecule has 0 fully saturated rings. The van der Waals surface area contributed by atoms with Gasteiger partial charge in [-0.3, -0.25) is 10.8 Å². The number of benzene rings is 1. The van der Waals surface area contributed by atoms with E-state index in [-0.39, 0.29) is 40.2 Å². The Kier molecular flexibility index (Phi) is 20.2. The van der Waals surface area contributed by atoms with Crippen LogP contribution in [0.3, 0.4) is 0 Å². The fourth-order valence-electron chi connectivity index (χ4n) is 2.29. The molecule has 0 aliphatic rings. The molecule has 0 aliphatic heterocycles. The van der Waals surface area contributed by atoms with Crippen LogP contribution in [0.1, 0.15) is 78.1 Å². The summed E-state index contributed by atoms with van der Waals surface area (Å²) in [4.78, 5) is 9.59. The monoisotopic (exact) mass is 408 g/mol. The Morgan fingerprint density at radius 2 is 1.48 bits per heavy atom. The summed E-state index contributed by atoms with van der Waals surface area (Å²) in [6, 6.07) is 6.07. The maximum Gasteiger partial charge on any atom is 1.00 e. The second-order valence-electron chi connectivity index (χ2n) is 6.14. The number of unbranched alkanes of at least 4 members (excludes halogenated alkanes) is 8. The van der Waals surface area contributed by atoms with Crippen LogP contribution in [0.2, 0.25) is 0 Å². The van der Waals surface area contributed by atoms with Crippen LogP contribution in [0.25, 0.3) is 0 Å². The van der Waals surface area contributed by atoms with Gasteiger partial charge in [0.15, 0.2) is 0 Å². The zero-order valence-electron chi connectivity index (χ0n) is 17.1. The molecule has 0 unspecified atom stereocenters. The molecule has 0 atom stereocenters. The first-order valence-corrected chi connectivity index (χ1v) is 11.0. The molecule has 27 heavy (non-hydrogen) atoms. The van der Waals surface area contributed by atoms with Crippen molar-refractivity contribution >= 4 is 16.4 Å². The Labute approximate surface area is 187 Å². The minimum atomic E-state index is -4.20. The van der Waals surface area contributed by atoms with Crippen molar-refractivity contribution in [2.45, 2.75) is 83.0 Å². The largest absolute Gasteiger partial charge is 1.00 e. The molecule has 0 aliphatic carbocycles. The average Bonchev–Trinajstić information content (AvgIpc) is 2.62. The van der Waals surface area contributed by atoms with Crippen molar-refractivity contribution in [2.24, 2.45) is 0 Å². The number of carbonyl (C=O) groups excluding carboxylic acids is 1. The molecule has 5 nitrogen and oxygen atoms in total. The van der Waals surface area contributed by atoms with Crippen molar-refractivity contribution in [3.63, 3.8) is 0 Å². The topological polar surface area (TPSA) is 80.7 Å². The fraction of sp³-hybridized carbons (Fsp3) is 0.650. The van der Waals surface area contributed by atoms with Crippen molar-refractivity contribution < 1.29 is 52.1 Å². The van der Waals surface area contributed by atoms with Gasteiger partial charge in [0.1, 0.15) is 10.6 Å². The van der Waals surface area contributed by atoms with E-state index >= 15 is 0 Å². The van der Waals surface area contributed by atoms with Crippen LogP contribution in [-0.4, -0.2) is 25.9 Å². The number of hydrogen-bond donors (Lipinski definition) is 1. The van der Waals surface area contributed by atoms with Crippen LogP contribution in [0.4, 0.5) is 0 Å². The third-order valence-electron chi connectivity index (χ3n) is 3.76. The summed E-state index contributed by atoms with van der Waals surface area (Å²) in [6.07, 6.45) is 13.0. The standard InChI is InChI=1S/C11H16O4S.C9H17O.Na/c1-2-3-6-9-15-10-7-4-5-8-11(10)16(12,13)14;1-2-3-4-5-6-7-8-9-10;/h4-5,7-8H,2-3,6,9H2,1H3,(H,12,13,14);2-8H2,1H3;/q;-1;+1. The maximum atomic E-state index is 11.0. The van der Waals surface area contributed by atoms with E-state index in [2.05, 4.69) is 13.8 Å². The molecule has 0 amide bonds. The second kappa shape index (κ2) is 18.9. The summed E-state index contributed by atoms with van der Waals surface area (Å²) >= 11 is 0. The zero-order chi connectivity index (χ0) is 19.7. The molecule has 7 heteroatoms. The van der Waals surface area contributed by atoms with Gasteiger partial charge in [-0.1, -0.05) is 77.3 Å². The van der Waals surface area contributed by atoms with E-state index in [4.69, 9.17) is 9.29 Å². The van der Waals surface area contributed by atoms with Gasteiger partial charge >= 0.3 is 29.6 Å². The van der Waals surface area contributed by atoms with Crippen molar-refractivity contribution in [1.29, 1.82) is 0 Å². The number of para-hydroxylation sites is 1. The minimum Gasteiger partial charge on any atom is -0.542 e. The van der Waals surface area contributed by atoms with Gasteiger partial charge < -0.3 is 9.53 Å². The second-order valence-corrected chi connectivity index (χ2v) is 7.53. The van der Waals surface area contributed by atoms with E-state index in [9.17, 15) is 13.2 Å². The molecule has 1 aromatic rings. The van der Waals surface area contributed by atoms with E-state index in [1.165, 1.54) is 44.2 Å². The Balaban J connectivity index is 0. The molecule has 0 aromatic heterocycles. The molecule has 0 radical (unpaired) electrons. The SMILES string of the molecule is CCCCCCCC[C-]=O.CCCCCOc1ccccc1S(=O)(=O)O.[Na+]. The van der Waals surface area contributed by atoms with Gasteiger partial charge in [-0.25, -0.2) is 0 Å². The van der Waals surface area contributed by atoms with Crippen LogP contribution in [0.5, 0.6) is 5.75 Å². The molecular weight excluding hydrogens is 375 g/mol. The van der Waals surface area contributed by atoms with Crippen LogP contribution < -0.4 is 34.3 Å². The Hall–Kier alpha value is -0.400. The molecule has 0 saturated heterocycles. The number of hydrogen-bond acceptors (Lipinski definition) is 4. The third kappa shape index (κ3) is 16.3. The van der Waals surface area contributed by atoms with Crippen LogP contribution >= 0.6 is 0 Å². The van der Waals surface area contributed by atoms with Gasteiger partial charge in [-0.05, 0) is 18.6 Å². The van der Waals surface area contributed by atoms with Gasteiger partial charge in [-0.15, -0.1) is 0 Å². The van der Waals surface area contributed by atoms with Gasteiger partial charge in [0.2, 0.25) is 0 Å². The molecule has 1 aromatic carbocycles. The summed E-state index contributed by atoms with van der Waals surface area (Å²) in [7, 11) is -4.20. The van der Waals surface area contributed by atoms with E-state index < -0.39 is 10.1 Å². The predicted octanol–water partition coefficient (Wildman–Crippen LogP) is 2.35. The van der Waals surface area contributed by atoms with E-state index in [1.807, 2.05) is 6.29 Å². The van der Waals surface area contributed by atoms with E-state index in [0.29, 0.717) is 13.0 Å². The van der Waals surface area contributed by atoms with E-state index in [0.717, 1.165) is 25.7 Å². The minimum absolute atomic E-state index is 0. The molecular formula is C20H33NaO5S. The first-order chi connectivity index (χ1) is 12.5. The van der Waals surface area contributed by atoms with Crippen molar-refractivity contribution in [2.75, 3.05) is 6.61 Å². The van der Waals surface area contributed by atoms with Crippen molar-refractivity contribution in [3.05, 3.63) is 24.3 Å².